The highest BCUT2D eigenvalue weighted by Crippen LogP contribution is 1.88. The third-order valence-corrected chi connectivity index (χ3v) is 1.44. The molecule has 0 aliphatic heterocycles. The van der Waals surface area contributed by atoms with Crippen LogP contribution in [0.3, 0.4) is 0 Å². The van der Waals surface area contributed by atoms with Gasteiger partial charge in [0.2, 0.25) is 5.91 Å². The van der Waals surface area contributed by atoms with Gasteiger partial charge < -0.3 is 10.6 Å². The molecule has 0 aliphatic rings. The van der Waals surface area contributed by atoms with Crippen LogP contribution >= 0.6 is 0 Å². The molecule has 0 aromatic carbocycles. The largest absolute Gasteiger partial charge is 0.349 e. The van der Waals surface area contributed by atoms with Gasteiger partial charge in [-0.15, -0.1) is 0 Å². The van der Waals surface area contributed by atoms with Gasteiger partial charge in [-0.1, -0.05) is 19.8 Å². The molecular formula is C9H22N2O. The first-order chi connectivity index (χ1) is 5.56. The number of rotatable bonds is 3. The van der Waals surface area contributed by atoms with Gasteiger partial charge in [0.05, 0.1) is 0 Å². The van der Waals surface area contributed by atoms with E-state index in [4.69, 9.17) is 5.73 Å². The van der Waals surface area contributed by atoms with Gasteiger partial charge in [0.1, 0.15) is 0 Å². The summed E-state index contributed by atoms with van der Waals surface area (Å²) < 4.78 is 0. The fourth-order valence-corrected chi connectivity index (χ4v) is 0.394. The lowest BCUT2D eigenvalue weighted by Crippen LogP contribution is -2.17. The number of amides is 1. The van der Waals surface area contributed by atoms with Gasteiger partial charge >= 0.3 is 0 Å². The van der Waals surface area contributed by atoms with Crippen molar-refractivity contribution in [2.75, 3.05) is 20.6 Å². The summed E-state index contributed by atoms with van der Waals surface area (Å²) in [7, 11) is 3.45. The Hall–Kier alpha value is -0.570. The minimum Gasteiger partial charge on any atom is -0.349 e. The van der Waals surface area contributed by atoms with E-state index in [1.54, 1.807) is 14.1 Å². The second-order valence-corrected chi connectivity index (χ2v) is 2.91. The van der Waals surface area contributed by atoms with E-state index < -0.39 is 0 Å². The Bertz CT molecular complexity index is 98.7. The van der Waals surface area contributed by atoms with E-state index in [0.717, 1.165) is 6.54 Å². The normalized spacial score (nSPS) is 8.42. The summed E-state index contributed by atoms with van der Waals surface area (Å²) in [6, 6.07) is 0. The number of nitrogens with zero attached hydrogens (tertiary/aromatic N) is 1. The van der Waals surface area contributed by atoms with Crippen LogP contribution in [0.4, 0.5) is 0 Å². The van der Waals surface area contributed by atoms with Crippen LogP contribution in [0.15, 0.2) is 0 Å². The van der Waals surface area contributed by atoms with E-state index >= 15 is 0 Å². The zero-order valence-corrected chi connectivity index (χ0v) is 8.76. The van der Waals surface area contributed by atoms with Crippen molar-refractivity contribution in [3.05, 3.63) is 0 Å². The van der Waals surface area contributed by atoms with Crippen molar-refractivity contribution in [3.63, 3.8) is 0 Å². The molecule has 0 aliphatic carbocycles. The molecule has 0 fully saturated rings. The fraction of sp³-hybridized carbons (Fsp3) is 0.889. The van der Waals surface area contributed by atoms with Crippen LogP contribution in [0.1, 0.15) is 33.1 Å². The lowest BCUT2D eigenvalue weighted by molar-refractivity contribution is -0.126. The van der Waals surface area contributed by atoms with Crippen LogP contribution in [-0.4, -0.2) is 31.4 Å². The van der Waals surface area contributed by atoms with Gasteiger partial charge in [-0.05, 0) is 13.0 Å². The van der Waals surface area contributed by atoms with E-state index in [-0.39, 0.29) is 5.91 Å². The molecule has 3 heteroatoms. The predicted molar refractivity (Wildman–Crippen MR) is 52.9 cm³/mol. The standard InChI is InChI=1S/C5H13N.C4H9NO/c1-2-3-4-5-6;1-4(6)5(2)3/h2-6H2,1H3;1-3H3. The Balaban J connectivity index is 0. The first kappa shape index (κ1) is 14.0. The first-order valence-electron chi connectivity index (χ1n) is 4.44. The highest BCUT2D eigenvalue weighted by molar-refractivity contribution is 5.72. The van der Waals surface area contributed by atoms with Crippen molar-refractivity contribution < 1.29 is 4.79 Å². The fourth-order valence-electron chi connectivity index (χ4n) is 0.394. The summed E-state index contributed by atoms with van der Waals surface area (Å²) in [4.78, 5) is 11.6. The van der Waals surface area contributed by atoms with Crippen molar-refractivity contribution in [2.24, 2.45) is 5.73 Å². The van der Waals surface area contributed by atoms with Crippen LogP contribution < -0.4 is 5.73 Å². The number of carbonyl (C=O) groups is 1. The van der Waals surface area contributed by atoms with E-state index in [0.29, 0.717) is 0 Å². The van der Waals surface area contributed by atoms with Crippen LogP contribution in [0, 0.1) is 0 Å². The molecule has 0 saturated heterocycles. The molecule has 3 nitrogen and oxygen atoms in total. The Kier molecular flexibility index (Phi) is 12.2. The molecule has 0 radical (unpaired) electrons. The molecule has 0 aromatic rings. The minimum absolute atomic E-state index is 0.0926. The number of carbonyl (C=O) groups excluding carboxylic acids is 1. The molecule has 0 spiro atoms. The van der Waals surface area contributed by atoms with Crippen LogP contribution in [-0.2, 0) is 4.79 Å². The third kappa shape index (κ3) is 16.2. The minimum atomic E-state index is 0.0926. The Morgan fingerprint density at radius 1 is 1.33 bits per heavy atom. The first-order valence-corrected chi connectivity index (χ1v) is 4.44. The lowest BCUT2D eigenvalue weighted by Gasteiger charge is -2.02. The van der Waals surface area contributed by atoms with Crippen LogP contribution in [0.5, 0.6) is 0 Å². The summed E-state index contributed by atoms with van der Waals surface area (Å²) in [5.74, 6) is 0.0926. The maximum atomic E-state index is 10.1. The molecule has 0 saturated carbocycles. The number of hydrogen-bond donors (Lipinski definition) is 1. The molecule has 2 N–H and O–H groups in total. The molecule has 0 unspecified atom stereocenters. The van der Waals surface area contributed by atoms with E-state index in [9.17, 15) is 4.79 Å². The SMILES string of the molecule is CC(=O)N(C)C.CCCCCN. The molecular weight excluding hydrogens is 152 g/mol. The Labute approximate surface area is 75.9 Å². The quantitative estimate of drug-likeness (QED) is 0.654. The molecule has 0 atom stereocenters. The van der Waals surface area contributed by atoms with Crippen molar-refractivity contribution >= 4 is 5.91 Å². The van der Waals surface area contributed by atoms with E-state index in [1.165, 1.54) is 31.1 Å². The van der Waals surface area contributed by atoms with Gasteiger partial charge in [-0.25, -0.2) is 0 Å². The van der Waals surface area contributed by atoms with Crippen molar-refractivity contribution in [1.82, 2.24) is 4.90 Å². The number of hydrogen-bond acceptors (Lipinski definition) is 2. The number of nitrogens with two attached hydrogens (primary N) is 1. The molecule has 0 aromatic heterocycles. The smallest absolute Gasteiger partial charge is 0.218 e. The second kappa shape index (κ2) is 10.4. The highest BCUT2D eigenvalue weighted by atomic mass is 16.2. The molecule has 0 bridgehead atoms. The maximum Gasteiger partial charge on any atom is 0.218 e. The summed E-state index contributed by atoms with van der Waals surface area (Å²) in [5, 5.41) is 0. The van der Waals surface area contributed by atoms with Crippen molar-refractivity contribution in [3.8, 4) is 0 Å². The molecule has 0 heterocycles. The summed E-state index contributed by atoms with van der Waals surface area (Å²) in [6.45, 7) is 4.56. The number of unbranched alkanes of at least 4 members (excludes halogenated alkanes) is 2. The van der Waals surface area contributed by atoms with Gasteiger partial charge in [0, 0.05) is 21.0 Å². The lowest BCUT2D eigenvalue weighted by atomic mass is 10.3. The maximum absolute atomic E-state index is 10.1. The van der Waals surface area contributed by atoms with Gasteiger partial charge in [-0.2, -0.15) is 0 Å². The average molecular weight is 174 g/mol. The predicted octanol–water partition coefficient (Wildman–Crippen LogP) is 1.23. The average Bonchev–Trinajstić information content (AvgIpc) is 2.02. The zero-order valence-electron chi connectivity index (χ0n) is 8.76. The highest BCUT2D eigenvalue weighted by Gasteiger charge is 1.87. The van der Waals surface area contributed by atoms with Gasteiger partial charge in [0.15, 0.2) is 0 Å². The van der Waals surface area contributed by atoms with Crippen molar-refractivity contribution in [2.45, 2.75) is 33.1 Å². The monoisotopic (exact) mass is 174 g/mol. The third-order valence-electron chi connectivity index (χ3n) is 1.44. The van der Waals surface area contributed by atoms with Gasteiger partial charge in [-0.3, -0.25) is 4.79 Å². The topological polar surface area (TPSA) is 46.3 Å². The molecule has 0 rings (SSSR count). The van der Waals surface area contributed by atoms with E-state index in [2.05, 4.69) is 6.92 Å². The Morgan fingerprint density at radius 2 is 1.75 bits per heavy atom. The molecule has 1 amide bonds. The van der Waals surface area contributed by atoms with Gasteiger partial charge in [0.25, 0.3) is 0 Å². The van der Waals surface area contributed by atoms with Crippen LogP contribution in [0.2, 0.25) is 0 Å². The summed E-state index contributed by atoms with van der Waals surface area (Å²) >= 11 is 0. The zero-order chi connectivity index (χ0) is 9.98. The van der Waals surface area contributed by atoms with Crippen molar-refractivity contribution in [1.29, 1.82) is 0 Å². The molecule has 74 valence electrons. The summed E-state index contributed by atoms with van der Waals surface area (Å²) in [5.41, 5.74) is 5.21. The molecule has 12 heavy (non-hydrogen) atoms. The van der Waals surface area contributed by atoms with Crippen LogP contribution in [0.25, 0.3) is 0 Å². The second-order valence-electron chi connectivity index (χ2n) is 2.91. The summed E-state index contributed by atoms with van der Waals surface area (Å²) in [6.07, 6.45) is 3.75. The van der Waals surface area contributed by atoms with E-state index in [1.807, 2.05) is 0 Å². The Morgan fingerprint density at radius 3 is 1.83 bits per heavy atom.